The molecule has 1 atom stereocenters. The van der Waals surface area contributed by atoms with Crippen molar-refractivity contribution in [2.24, 2.45) is 0 Å². The molecule has 0 unspecified atom stereocenters. The van der Waals surface area contributed by atoms with Gasteiger partial charge in [0, 0.05) is 37.0 Å². The Morgan fingerprint density at radius 3 is 2.95 bits per heavy atom. The molecule has 0 saturated carbocycles. The molecule has 21 heavy (non-hydrogen) atoms. The first-order chi connectivity index (χ1) is 10.3. The lowest BCUT2D eigenvalue weighted by Gasteiger charge is -2.32. The lowest BCUT2D eigenvalue weighted by atomic mass is 9.98. The van der Waals surface area contributed by atoms with Gasteiger partial charge in [-0.25, -0.2) is 4.98 Å². The SMILES string of the molecule is O=C(CCc1ccccc1)N1CCC[C@H](c2nccs2)C1. The summed E-state index contributed by atoms with van der Waals surface area (Å²) in [6, 6.07) is 10.2. The standard InChI is InChI=1S/C17H20N2OS/c20-16(9-8-14-5-2-1-3-6-14)19-11-4-7-15(13-19)17-18-10-12-21-17/h1-3,5-6,10,12,15H,4,7-9,11,13H2/t15-/m0/s1. The van der Waals surface area contributed by atoms with Gasteiger partial charge in [-0.05, 0) is 24.8 Å². The number of rotatable bonds is 4. The first-order valence-electron chi connectivity index (χ1n) is 7.54. The number of carbonyl (C=O) groups excluding carboxylic acids is 1. The Morgan fingerprint density at radius 2 is 2.19 bits per heavy atom. The van der Waals surface area contributed by atoms with E-state index in [1.807, 2.05) is 34.7 Å². The van der Waals surface area contributed by atoms with Gasteiger partial charge in [-0.2, -0.15) is 0 Å². The van der Waals surface area contributed by atoms with Crippen molar-refractivity contribution in [3.8, 4) is 0 Å². The molecular formula is C17H20N2OS. The van der Waals surface area contributed by atoms with E-state index in [-0.39, 0.29) is 5.91 Å². The molecule has 2 heterocycles. The predicted molar refractivity (Wildman–Crippen MR) is 85.4 cm³/mol. The fourth-order valence-corrected chi connectivity index (χ4v) is 3.66. The number of benzene rings is 1. The van der Waals surface area contributed by atoms with Gasteiger partial charge >= 0.3 is 0 Å². The fourth-order valence-electron chi connectivity index (χ4n) is 2.90. The molecule has 1 amide bonds. The van der Waals surface area contributed by atoms with Crippen LogP contribution in [0.4, 0.5) is 0 Å². The average molecular weight is 300 g/mol. The smallest absolute Gasteiger partial charge is 0.222 e. The molecule has 0 bridgehead atoms. The Labute approximate surface area is 129 Å². The molecule has 2 aromatic rings. The second kappa shape index (κ2) is 6.85. The van der Waals surface area contributed by atoms with Crippen LogP contribution in [0.1, 0.15) is 35.8 Å². The third kappa shape index (κ3) is 3.70. The number of thiazole rings is 1. The van der Waals surface area contributed by atoms with Crippen LogP contribution in [-0.4, -0.2) is 28.9 Å². The summed E-state index contributed by atoms with van der Waals surface area (Å²) < 4.78 is 0. The molecule has 0 N–H and O–H groups in total. The summed E-state index contributed by atoms with van der Waals surface area (Å²) in [5.74, 6) is 0.708. The summed E-state index contributed by atoms with van der Waals surface area (Å²) in [6.45, 7) is 1.73. The van der Waals surface area contributed by atoms with Crippen molar-refractivity contribution in [2.45, 2.75) is 31.6 Å². The van der Waals surface area contributed by atoms with Crippen molar-refractivity contribution in [1.82, 2.24) is 9.88 Å². The molecule has 1 aliphatic rings. The van der Waals surface area contributed by atoms with Crippen LogP contribution in [0.3, 0.4) is 0 Å². The second-order valence-corrected chi connectivity index (χ2v) is 6.46. The highest BCUT2D eigenvalue weighted by atomic mass is 32.1. The molecule has 3 nitrogen and oxygen atoms in total. The molecular weight excluding hydrogens is 280 g/mol. The number of nitrogens with zero attached hydrogens (tertiary/aromatic N) is 2. The number of amides is 1. The Balaban J connectivity index is 1.55. The molecule has 1 fully saturated rings. The molecule has 0 spiro atoms. The van der Waals surface area contributed by atoms with Gasteiger partial charge in [-0.1, -0.05) is 30.3 Å². The summed E-state index contributed by atoms with van der Waals surface area (Å²) in [7, 11) is 0. The maximum Gasteiger partial charge on any atom is 0.222 e. The van der Waals surface area contributed by atoms with Crippen molar-refractivity contribution in [2.75, 3.05) is 13.1 Å². The maximum atomic E-state index is 12.4. The van der Waals surface area contributed by atoms with Crippen LogP contribution in [0.5, 0.6) is 0 Å². The van der Waals surface area contributed by atoms with E-state index < -0.39 is 0 Å². The van der Waals surface area contributed by atoms with Gasteiger partial charge in [-0.15, -0.1) is 11.3 Å². The molecule has 3 rings (SSSR count). The van der Waals surface area contributed by atoms with Gasteiger partial charge < -0.3 is 4.90 Å². The van der Waals surface area contributed by atoms with Gasteiger partial charge in [0.15, 0.2) is 0 Å². The quantitative estimate of drug-likeness (QED) is 0.866. The minimum absolute atomic E-state index is 0.278. The summed E-state index contributed by atoms with van der Waals surface area (Å²) in [4.78, 5) is 18.8. The lowest BCUT2D eigenvalue weighted by molar-refractivity contribution is -0.132. The Hall–Kier alpha value is -1.68. The van der Waals surface area contributed by atoms with E-state index in [2.05, 4.69) is 17.1 Å². The number of aromatic nitrogens is 1. The van der Waals surface area contributed by atoms with E-state index in [0.29, 0.717) is 12.3 Å². The van der Waals surface area contributed by atoms with E-state index in [9.17, 15) is 4.79 Å². The van der Waals surface area contributed by atoms with Crippen LogP contribution in [0, 0.1) is 0 Å². The van der Waals surface area contributed by atoms with E-state index in [1.54, 1.807) is 11.3 Å². The van der Waals surface area contributed by atoms with E-state index in [1.165, 1.54) is 10.6 Å². The summed E-state index contributed by atoms with van der Waals surface area (Å²) in [5.41, 5.74) is 1.24. The van der Waals surface area contributed by atoms with Gasteiger partial charge in [0.1, 0.15) is 0 Å². The maximum absolute atomic E-state index is 12.4. The van der Waals surface area contributed by atoms with E-state index >= 15 is 0 Å². The highest BCUT2D eigenvalue weighted by Crippen LogP contribution is 2.28. The van der Waals surface area contributed by atoms with Gasteiger partial charge in [-0.3, -0.25) is 4.79 Å². The van der Waals surface area contributed by atoms with Crippen molar-refractivity contribution in [3.05, 3.63) is 52.5 Å². The normalized spacial score (nSPS) is 18.7. The van der Waals surface area contributed by atoms with Gasteiger partial charge in [0.2, 0.25) is 5.91 Å². The van der Waals surface area contributed by atoms with Gasteiger partial charge in [0.05, 0.1) is 5.01 Å². The minimum Gasteiger partial charge on any atom is -0.342 e. The number of piperidine rings is 1. The van der Waals surface area contributed by atoms with Crippen molar-refractivity contribution < 1.29 is 4.79 Å². The van der Waals surface area contributed by atoms with Crippen molar-refractivity contribution in [1.29, 1.82) is 0 Å². The average Bonchev–Trinajstić information content (AvgIpc) is 3.08. The fraction of sp³-hybridized carbons (Fsp3) is 0.412. The van der Waals surface area contributed by atoms with Crippen LogP contribution in [-0.2, 0) is 11.2 Å². The second-order valence-electron chi connectivity index (χ2n) is 5.53. The monoisotopic (exact) mass is 300 g/mol. The van der Waals surface area contributed by atoms with Crippen LogP contribution >= 0.6 is 11.3 Å². The summed E-state index contributed by atoms with van der Waals surface area (Å²) >= 11 is 1.70. The number of aryl methyl sites for hydroxylation is 1. The Morgan fingerprint density at radius 1 is 1.33 bits per heavy atom. The third-order valence-electron chi connectivity index (χ3n) is 4.05. The topological polar surface area (TPSA) is 33.2 Å². The summed E-state index contributed by atoms with van der Waals surface area (Å²) in [5, 5.41) is 3.20. The van der Waals surface area contributed by atoms with Crippen molar-refractivity contribution in [3.63, 3.8) is 0 Å². The number of likely N-dealkylation sites (tertiary alicyclic amines) is 1. The van der Waals surface area contributed by atoms with E-state index in [4.69, 9.17) is 0 Å². The van der Waals surface area contributed by atoms with Crippen LogP contribution in [0.25, 0.3) is 0 Å². The van der Waals surface area contributed by atoms with Crippen LogP contribution < -0.4 is 0 Å². The van der Waals surface area contributed by atoms with Crippen LogP contribution in [0.2, 0.25) is 0 Å². The van der Waals surface area contributed by atoms with Crippen LogP contribution in [0.15, 0.2) is 41.9 Å². The highest BCUT2D eigenvalue weighted by molar-refractivity contribution is 7.09. The molecule has 4 heteroatoms. The first-order valence-corrected chi connectivity index (χ1v) is 8.42. The predicted octanol–water partition coefficient (Wildman–Crippen LogP) is 3.48. The number of hydrogen-bond donors (Lipinski definition) is 0. The molecule has 0 radical (unpaired) electrons. The Kier molecular flexibility index (Phi) is 4.65. The molecule has 110 valence electrons. The highest BCUT2D eigenvalue weighted by Gasteiger charge is 2.25. The third-order valence-corrected chi connectivity index (χ3v) is 4.98. The molecule has 1 aromatic heterocycles. The zero-order chi connectivity index (χ0) is 14.5. The first kappa shape index (κ1) is 14.3. The number of carbonyl (C=O) groups is 1. The zero-order valence-corrected chi connectivity index (χ0v) is 12.9. The van der Waals surface area contributed by atoms with E-state index in [0.717, 1.165) is 32.4 Å². The van der Waals surface area contributed by atoms with Gasteiger partial charge in [0.25, 0.3) is 0 Å². The lowest BCUT2D eigenvalue weighted by Crippen LogP contribution is -2.39. The summed E-state index contributed by atoms with van der Waals surface area (Å²) in [6.07, 6.45) is 5.53. The Bertz CT molecular complexity index is 568. The molecule has 1 saturated heterocycles. The molecule has 0 aliphatic carbocycles. The van der Waals surface area contributed by atoms with Crippen molar-refractivity contribution >= 4 is 17.2 Å². The minimum atomic E-state index is 0.278. The number of hydrogen-bond acceptors (Lipinski definition) is 3. The molecule has 1 aromatic carbocycles. The molecule has 1 aliphatic heterocycles. The largest absolute Gasteiger partial charge is 0.342 e. The zero-order valence-electron chi connectivity index (χ0n) is 12.1.